The monoisotopic (exact) mass is 345 g/mol. The minimum absolute atomic E-state index is 0.00932. The maximum Gasteiger partial charge on any atom is 0.225 e. The summed E-state index contributed by atoms with van der Waals surface area (Å²) in [5.41, 5.74) is 2.92. The van der Waals surface area contributed by atoms with Gasteiger partial charge in [0.1, 0.15) is 0 Å². The fraction of sp³-hybridized carbons (Fsp3) is 0.316. The predicted molar refractivity (Wildman–Crippen MR) is 99.4 cm³/mol. The van der Waals surface area contributed by atoms with E-state index in [9.17, 15) is 4.79 Å². The van der Waals surface area contributed by atoms with Gasteiger partial charge in [0.25, 0.3) is 0 Å². The average Bonchev–Trinajstić information content (AvgIpc) is 2.58. The average molecular weight is 345 g/mol. The number of methoxy groups -OCH3 is 2. The number of hydrogen-bond donors (Lipinski definition) is 1. The highest BCUT2D eigenvalue weighted by atomic mass is 32.2. The molecule has 0 aliphatic carbocycles. The first kappa shape index (κ1) is 18.2. The third-order valence-corrected chi connectivity index (χ3v) is 4.64. The van der Waals surface area contributed by atoms with Crippen molar-refractivity contribution in [2.75, 3.05) is 25.3 Å². The fourth-order valence-electron chi connectivity index (χ4n) is 2.22. The molecule has 0 spiro atoms. The lowest BCUT2D eigenvalue weighted by Gasteiger charge is -2.13. The number of aryl methyl sites for hydroxylation is 2. The van der Waals surface area contributed by atoms with E-state index in [1.807, 2.05) is 13.0 Å². The van der Waals surface area contributed by atoms with E-state index >= 15 is 0 Å². The number of nitrogens with one attached hydrogen (secondary N) is 1. The van der Waals surface area contributed by atoms with Crippen LogP contribution in [0.5, 0.6) is 11.5 Å². The van der Waals surface area contributed by atoms with Gasteiger partial charge in [0.15, 0.2) is 11.5 Å². The molecular formula is C19H23NO3S. The highest BCUT2D eigenvalue weighted by molar-refractivity contribution is 7.99. The van der Waals surface area contributed by atoms with Gasteiger partial charge in [0, 0.05) is 28.8 Å². The van der Waals surface area contributed by atoms with E-state index in [4.69, 9.17) is 9.47 Å². The van der Waals surface area contributed by atoms with Crippen molar-refractivity contribution in [1.82, 2.24) is 0 Å². The molecule has 0 fully saturated rings. The van der Waals surface area contributed by atoms with Crippen LogP contribution in [0.25, 0.3) is 0 Å². The molecule has 0 aliphatic heterocycles. The molecule has 128 valence electrons. The van der Waals surface area contributed by atoms with E-state index < -0.39 is 0 Å². The second-order valence-corrected chi connectivity index (χ2v) is 6.65. The van der Waals surface area contributed by atoms with E-state index in [0.717, 1.165) is 17.0 Å². The summed E-state index contributed by atoms with van der Waals surface area (Å²) >= 11 is 1.68. The first-order valence-electron chi connectivity index (χ1n) is 7.75. The third kappa shape index (κ3) is 4.93. The van der Waals surface area contributed by atoms with Gasteiger partial charge >= 0.3 is 0 Å². The van der Waals surface area contributed by atoms with Crippen LogP contribution in [0.4, 0.5) is 5.69 Å². The fourth-order valence-corrected chi connectivity index (χ4v) is 3.08. The summed E-state index contributed by atoms with van der Waals surface area (Å²) < 4.78 is 10.5. The largest absolute Gasteiger partial charge is 0.493 e. The Morgan fingerprint density at radius 3 is 2.29 bits per heavy atom. The zero-order chi connectivity index (χ0) is 17.5. The van der Waals surface area contributed by atoms with E-state index in [1.165, 1.54) is 10.5 Å². The van der Waals surface area contributed by atoms with Crippen LogP contribution >= 0.6 is 11.8 Å². The van der Waals surface area contributed by atoms with Gasteiger partial charge in [-0.05, 0) is 37.6 Å². The van der Waals surface area contributed by atoms with Crippen molar-refractivity contribution < 1.29 is 14.3 Å². The Morgan fingerprint density at radius 2 is 1.67 bits per heavy atom. The van der Waals surface area contributed by atoms with Gasteiger partial charge in [-0.25, -0.2) is 0 Å². The maximum atomic E-state index is 12.2. The molecule has 2 rings (SSSR count). The zero-order valence-corrected chi connectivity index (χ0v) is 15.3. The van der Waals surface area contributed by atoms with Gasteiger partial charge in [-0.1, -0.05) is 17.7 Å². The first-order valence-corrected chi connectivity index (χ1v) is 8.74. The Kier molecular flexibility index (Phi) is 6.55. The number of hydrogen-bond acceptors (Lipinski definition) is 4. The molecule has 4 nitrogen and oxygen atoms in total. The highest BCUT2D eigenvalue weighted by Crippen LogP contribution is 2.33. The number of thioether (sulfide) groups is 1. The highest BCUT2D eigenvalue weighted by Gasteiger charge is 2.11. The lowest BCUT2D eigenvalue weighted by Crippen LogP contribution is -2.13. The summed E-state index contributed by atoms with van der Waals surface area (Å²) in [4.78, 5) is 13.3. The normalized spacial score (nSPS) is 10.3. The summed E-state index contributed by atoms with van der Waals surface area (Å²) in [6, 6.07) is 12.0. The van der Waals surface area contributed by atoms with Crippen LogP contribution in [0.3, 0.4) is 0 Å². The van der Waals surface area contributed by atoms with E-state index in [0.29, 0.717) is 17.9 Å². The molecule has 1 N–H and O–H groups in total. The molecule has 0 aliphatic rings. The Balaban J connectivity index is 1.91. The molecule has 0 unspecified atom stereocenters. The summed E-state index contributed by atoms with van der Waals surface area (Å²) in [7, 11) is 3.18. The molecule has 0 heterocycles. The van der Waals surface area contributed by atoms with Crippen molar-refractivity contribution >= 4 is 23.4 Å². The summed E-state index contributed by atoms with van der Waals surface area (Å²) in [6.45, 7) is 3.99. The molecular weight excluding hydrogens is 322 g/mol. The Labute approximate surface area is 147 Å². The minimum atomic E-state index is -0.00932. The lowest BCUT2D eigenvalue weighted by atomic mass is 10.1. The number of carbonyl (C=O) groups excluding carboxylic acids is 1. The van der Waals surface area contributed by atoms with Crippen LogP contribution in [-0.2, 0) is 4.79 Å². The quantitative estimate of drug-likeness (QED) is 0.754. The zero-order valence-electron chi connectivity index (χ0n) is 14.5. The first-order chi connectivity index (χ1) is 11.5. The number of amides is 1. The van der Waals surface area contributed by atoms with Crippen molar-refractivity contribution in [3.63, 3.8) is 0 Å². The predicted octanol–water partition coefficient (Wildman–Crippen LogP) is 4.44. The summed E-state index contributed by atoms with van der Waals surface area (Å²) in [5, 5.41) is 2.94. The van der Waals surface area contributed by atoms with Crippen molar-refractivity contribution in [3.8, 4) is 11.5 Å². The second-order valence-electron chi connectivity index (χ2n) is 5.48. The van der Waals surface area contributed by atoms with Crippen LogP contribution in [0.15, 0.2) is 41.3 Å². The van der Waals surface area contributed by atoms with Gasteiger partial charge in [-0.3, -0.25) is 4.79 Å². The molecule has 24 heavy (non-hydrogen) atoms. The van der Waals surface area contributed by atoms with Crippen LogP contribution in [-0.4, -0.2) is 25.9 Å². The molecule has 0 saturated heterocycles. The number of anilines is 1. The topological polar surface area (TPSA) is 47.6 Å². The molecule has 0 bridgehead atoms. The van der Waals surface area contributed by atoms with Crippen LogP contribution in [0, 0.1) is 13.8 Å². The third-order valence-electron chi connectivity index (χ3n) is 3.62. The Morgan fingerprint density at radius 1 is 1.04 bits per heavy atom. The summed E-state index contributed by atoms with van der Waals surface area (Å²) in [5.74, 6) is 1.99. The van der Waals surface area contributed by atoms with Crippen LogP contribution < -0.4 is 14.8 Å². The Hall–Kier alpha value is -2.14. The van der Waals surface area contributed by atoms with Crippen molar-refractivity contribution in [2.45, 2.75) is 25.2 Å². The van der Waals surface area contributed by atoms with Gasteiger partial charge in [-0.15, -0.1) is 11.8 Å². The molecule has 0 radical (unpaired) electrons. The van der Waals surface area contributed by atoms with Gasteiger partial charge in [0.2, 0.25) is 5.91 Å². The molecule has 0 aromatic heterocycles. The second kappa shape index (κ2) is 8.64. The molecule has 0 saturated carbocycles. The van der Waals surface area contributed by atoms with Gasteiger partial charge in [0.05, 0.1) is 14.2 Å². The Bertz CT molecular complexity index is 699. The van der Waals surface area contributed by atoms with Gasteiger partial charge < -0.3 is 14.8 Å². The molecule has 2 aromatic carbocycles. The molecule has 2 aromatic rings. The van der Waals surface area contributed by atoms with Crippen molar-refractivity contribution in [2.24, 2.45) is 0 Å². The SMILES string of the molecule is COc1cc(C)c(NC(=O)CCSc2ccc(C)cc2)cc1OC. The smallest absolute Gasteiger partial charge is 0.225 e. The lowest BCUT2D eigenvalue weighted by molar-refractivity contribution is -0.115. The van der Waals surface area contributed by atoms with E-state index in [2.05, 4.69) is 36.5 Å². The number of ether oxygens (including phenoxy) is 2. The van der Waals surface area contributed by atoms with Crippen LogP contribution in [0.1, 0.15) is 17.5 Å². The van der Waals surface area contributed by atoms with Crippen LogP contribution in [0.2, 0.25) is 0 Å². The summed E-state index contributed by atoms with van der Waals surface area (Å²) in [6.07, 6.45) is 0.451. The number of benzene rings is 2. The molecule has 1 amide bonds. The number of carbonyl (C=O) groups is 1. The van der Waals surface area contributed by atoms with E-state index in [1.54, 1.807) is 32.0 Å². The minimum Gasteiger partial charge on any atom is -0.493 e. The molecule has 0 atom stereocenters. The molecule has 5 heteroatoms. The van der Waals surface area contributed by atoms with Gasteiger partial charge in [-0.2, -0.15) is 0 Å². The van der Waals surface area contributed by atoms with Crippen molar-refractivity contribution in [1.29, 1.82) is 0 Å². The standard InChI is InChI=1S/C19H23NO3S/c1-13-5-7-15(8-6-13)24-10-9-19(21)20-16-12-18(23-4)17(22-3)11-14(16)2/h5-8,11-12H,9-10H2,1-4H3,(H,20,21). The number of rotatable bonds is 7. The van der Waals surface area contributed by atoms with Crippen molar-refractivity contribution in [3.05, 3.63) is 47.5 Å². The van der Waals surface area contributed by atoms with E-state index in [-0.39, 0.29) is 5.91 Å². The maximum absolute atomic E-state index is 12.2.